The highest BCUT2D eigenvalue weighted by Gasteiger charge is 2.26. The van der Waals surface area contributed by atoms with E-state index in [0.29, 0.717) is 19.3 Å². The van der Waals surface area contributed by atoms with Crippen LogP contribution in [-0.2, 0) is 17.8 Å². The van der Waals surface area contributed by atoms with Gasteiger partial charge in [0.1, 0.15) is 5.82 Å². The number of hydrogen-bond acceptors (Lipinski definition) is 8. The van der Waals surface area contributed by atoms with Gasteiger partial charge in [0.2, 0.25) is 0 Å². The Morgan fingerprint density at radius 3 is 2.64 bits per heavy atom. The van der Waals surface area contributed by atoms with Crippen molar-refractivity contribution in [2.24, 2.45) is 5.73 Å². The van der Waals surface area contributed by atoms with E-state index in [1.807, 2.05) is 24.7 Å². The number of nitrogens with zero attached hydrogens (tertiary/aromatic N) is 8. The molecule has 0 spiro atoms. The van der Waals surface area contributed by atoms with Gasteiger partial charge < -0.3 is 19.9 Å². The maximum absolute atomic E-state index is 5.71. The van der Waals surface area contributed by atoms with Crippen LogP contribution in [0.5, 0.6) is 0 Å². The third kappa shape index (κ3) is 5.49. The van der Waals surface area contributed by atoms with Gasteiger partial charge in [0.05, 0.1) is 30.8 Å². The van der Waals surface area contributed by atoms with Crippen LogP contribution in [0.15, 0.2) is 61.2 Å². The van der Waals surface area contributed by atoms with Crippen LogP contribution in [0, 0.1) is 0 Å². The second-order valence-electron chi connectivity index (χ2n) is 11.4. The van der Waals surface area contributed by atoms with Gasteiger partial charge in [-0.25, -0.2) is 14.6 Å². The molecule has 0 unspecified atom stereocenters. The van der Waals surface area contributed by atoms with Crippen LogP contribution >= 0.6 is 0 Å². The number of morpholine rings is 1. The lowest BCUT2D eigenvalue weighted by Gasteiger charge is -2.32. The molecule has 2 fully saturated rings. The highest BCUT2D eigenvalue weighted by molar-refractivity contribution is 5.90. The molecule has 1 aromatic carbocycles. The number of piperidine rings is 1. The average Bonchev–Trinajstić information content (AvgIpc) is 3.66. The number of ether oxygens (including phenoxy) is 1. The fourth-order valence-corrected chi connectivity index (χ4v) is 6.36. The summed E-state index contributed by atoms with van der Waals surface area (Å²) in [5.74, 6) is 1.70. The molecule has 42 heavy (non-hydrogen) atoms. The summed E-state index contributed by atoms with van der Waals surface area (Å²) in [5.41, 5.74) is 10.1. The molecule has 0 atom stereocenters. The Morgan fingerprint density at radius 1 is 0.952 bits per heavy atom. The van der Waals surface area contributed by atoms with Crippen LogP contribution in [0.4, 0.5) is 5.82 Å². The molecule has 7 rings (SSSR count). The molecular weight excluding hydrogens is 526 g/mol. The molecule has 2 saturated heterocycles. The minimum absolute atomic E-state index is 0.304. The van der Waals surface area contributed by atoms with Crippen molar-refractivity contribution in [2.45, 2.75) is 44.8 Å². The number of rotatable bonds is 9. The van der Waals surface area contributed by atoms with Gasteiger partial charge in [-0.3, -0.25) is 9.88 Å². The second kappa shape index (κ2) is 12.2. The zero-order valence-corrected chi connectivity index (χ0v) is 24.1. The molecule has 2 aliphatic rings. The second-order valence-corrected chi connectivity index (χ2v) is 11.4. The first kappa shape index (κ1) is 27.0. The van der Waals surface area contributed by atoms with Crippen molar-refractivity contribution >= 4 is 27.8 Å². The Balaban J connectivity index is 1.20. The molecule has 5 aromatic rings. The number of benzene rings is 1. The Morgan fingerprint density at radius 2 is 1.83 bits per heavy atom. The van der Waals surface area contributed by atoms with E-state index in [1.54, 1.807) is 0 Å². The van der Waals surface area contributed by atoms with Gasteiger partial charge in [0.15, 0.2) is 11.5 Å². The molecule has 0 saturated carbocycles. The zero-order chi connectivity index (χ0) is 28.3. The highest BCUT2D eigenvalue weighted by Crippen LogP contribution is 2.33. The topological polar surface area (TPSA) is 103 Å². The van der Waals surface area contributed by atoms with Gasteiger partial charge in [-0.1, -0.05) is 6.07 Å². The largest absolute Gasteiger partial charge is 0.378 e. The highest BCUT2D eigenvalue weighted by atomic mass is 16.5. The number of fused-ring (bicyclic) bond motifs is 2. The minimum atomic E-state index is 0.304. The number of aryl methyl sites for hydroxylation is 1. The quantitative estimate of drug-likeness (QED) is 0.265. The van der Waals surface area contributed by atoms with Crippen molar-refractivity contribution in [1.82, 2.24) is 34.2 Å². The number of hydrogen-bond donors (Lipinski definition) is 1. The van der Waals surface area contributed by atoms with E-state index in [4.69, 9.17) is 25.5 Å². The van der Waals surface area contributed by atoms with Gasteiger partial charge in [-0.15, -0.1) is 0 Å². The molecular formula is C32H39N9O. The maximum atomic E-state index is 5.71. The Hall–Kier alpha value is -3.86. The molecule has 4 aromatic heterocycles. The molecule has 0 aliphatic carbocycles. The summed E-state index contributed by atoms with van der Waals surface area (Å²) in [6.45, 7) is 7.72. The summed E-state index contributed by atoms with van der Waals surface area (Å²) in [4.78, 5) is 19.5. The number of anilines is 1. The van der Waals surface area contributed by atoms with Crippen molar-refractivity contribution in [3.05, 3.63) is 66.7 Å². The van der Waals surface area contributed by atoms with Gasteiger partial charge in [0.25, 0.3) is 0 Å². The van der Waals surface area contributed by atoms with E-state index >= 15 is 0 Å². The molecule has 0 bridgehead atoms. The third-order valence-electron chi connectivity index (χ3n) is 8.66. The maximum Gasteiger partial charge on any atom is 0.164 e. The zero-order valence-electron chi connectivity index (χ0n) is 24.1. The predicted molar refractivity (Wildman–Crippen MR) is 165 cm³/mol. The smallest absolute Gasteiger partial charge is 0.164 e. The number of nitrogens with two attached hydrogens (primary N) is 1. The molecule has 2 N–H and O–H groups in total. The van der Waals surface area contributed by atoms with Gasteiger partial charge in [-0.2, -0.15) is 5.10 Å². The van der Waals surface area contributed by atoms with Crippen LogP contribution in [0.25, 0.3) is 33.3 Å². The molecule has 2 aliphatic heterocycles. The summed E-state index contributed by atoms with van der Waals surface area (Å²) in [6.07, 6.45) is 12.1. The first-order valence-electron chi connectivity index (χ1n) is 15.3. The summed E-state index contributed by atoms with van der Waals surface area (Å²) >= 11 is 0. The lowest BCUT2D eigenvalue weighted by Crippen LogP contribution is -2.37. The number of pyridine rings is 1. The van der Waals surface area contributed by atoms with Gasteiger partial charge in [0, 0.05) is 74.3 Å². The van der Waals surface area contributed by atoms with E-state index in [9.17, 15) is 0 Å². The standard InChI is InChI=1S/C32H39N9O/c33-10-1-2-12-39-15-7-25-20-26(5-6-29(25)39)30-36-31(40-16-18-42-19-17-40)28-22-35-41(32(28)37-30)27-8-13-38(14-9-27)23-24-4-3-11-34-21-24/h3-7,11,15,20-22,27H,1-2,8-10,12-14,16-19,23,33H2. The van der Waals surface area contributed by atoms with Crippen molar-refractivity contribution < 1.29 is 4.74 Å². The van der Waals surface area contributed by atoms with E-state index in [2.05, 4.69) is 60.6 Å². The summed E-state index contributed by atoms with van der Waals surface area (Å²) < 4.78 is 10.1. The monoisotopic (exact) mass is 565 g/mol. The van der Waals surface area contributed by atoms with Crippen LogP contribution < -0.4 is 10.6 Å². The van der Waals surface area contributed by atoms with Crippen molar-refractivity contribution in [3.63, 3.8) is 0 Å². The summed E-state index contributed by atoms with van der Waals surface area (Å²) in [7, 11) is 0. The van der Waals surface area contributed by atoms with Crippen molar-refractivity contribution in [1.29, 1.82) is 0 Å². The predicted octanol–water partition coefficient (Wildman–Crippen LogP) is 4.26. The van der Waals surface area contributed by atoms with Crippen LogP contribution in [0.2, 0.25) is 0 Å². The van der Waals surface area contributed by atoms with E-state index in [-0.39, 0.29) is 0 Å². The summed E-state index contributed by atoms with van der Waals surface area (Å²) in [5, 5.41) is 7.14. The average molecular weight is 566 g/mol. The lowest BCUT2D eigenvalue weighted by atomic mass is 10.0. The van der Waals surface area contributed by atoms with Crippen LogP contribution in [0.3, 0.4) is 0 Å². The normalized spacial score (nSPS) is 17.0. The third-order valence-corrected chi connectivity index (χ3v) is 8.66. The number of likely N-dealkylation sites (tertiary alicyclic amines) is 1. The van der Waals surface area contributed by atoms with E-state index in [0.717, 1.165) is 99.7 Å². The fourth-order valence-electron chi connectivity index (χ4n) is 6.36. The fraction of sp³-hybridized carbons (Fsp3) is 0.438. The van der Waals surface area contributed by atoms with E-state index in [1.165, 1.54) is 16.5 Å². The Labute approximate surface area is 246 Å². The molecule has 10 heteroatoms. The first-order chi connectivity index (χ1) is 20.8. The minimum Gasteiger partial charge on any atom is -0.378 e. The Bertz CT molecular complexity index is 1630. The number of aromatic nitrogens is 6. The molecule has 218 valence electrons. The molecule has 6 heterocycles. The van der Waals surface area contributed by atoms with E-state index < -0.39 is 0 Å². The SMILES string of the molecule is NCCCCn1ccc2cc(-c3nc(N4CCOCC4)c4cnn(C5CCN(Cc6cccnc6)CC5)c4n3)ccc21. The van der Waals surface area contributed by atoms with Crippen molar-refractivity contribution in [3.8, 4) is 11.4 Å². The lowest BCUT2D eigenvalue weighted by molar-refractivity contribution is 0.122. The summed E-state index contributed by atoms with van der Waals surface area (Å²) in [6, 6.07) is 13.2. The number of unbranched alkanes of at least 4 members (excludes halogenated alkanes) is 1. The first-order valence-corrected chi connectivity index (χ1v) is 15.3. The van der Waals surface area contributed by atoms with Gasteiger partial charge >= 0.3 is 0 Å². The molecule has 0 amide bonds. The van der Waals surface area contributed by atoms with Crippen LogP contribution in [-0.4, -0.2) is 80.1 Å². The Kier molecular flexibility index (Phi) is 7.82. The molecule has 10 nitrogen and oxygen atoms in total. The van der Waals surface area contributed by atoms with Crippen LogP contribution in [0.1, 0.15) is 37.3 Å². The van der Waals surface area contributed by atoms with Gasteiger partial charge in [-0.05, 0) is 68.1 Å². The molecule has 0 radical (unpaired) electrons. The van der Waals surface area contributed by atoms with Crippen molar-refractivity contribution in [2.75, 3.05) is 50.8 Å².